The Morgan fingerprint density at radius 2 is 1.41 bits per heavy atom. The van der Waals surface area contributed by atoms with E-state index in [9.17, 15) is 0 Å². The molecule has 9 heteroatoms. The minimum absolute atomic E-state index is 0.272. The van der Waals surface area contributed by atoms with Crippen LogP contribution in [0.2, 0.25) is 0 Å². The fourth-order valence-electron chi connectivity index (χ4n) is 1.76. The van der Waals surface area contributed by atoms with E-state index in [-0.39, 0.29) is 12.2 Å². The lowest BCUT2D eigenvalue weighted by Crippen LogP contribution is -2.42. The van der Waals surface area contributed by atoms with Crippen LogP contribution in [-0.4, -0.2) is 50.0 Å². The second-order valence-electron chi connectivity index (χ2n) is 3.48. The van der Waals surface area contributed by atoms with E-state index in [0.717, 1.165) is 0 Å². The van der Waals surface area contributed by atoms with Gasteiger partial charge in [0.15, 0.2) is 0 Å². The van der Waals surface area contributed by atoms with Gasteiger partial charge in [-0.25, -0.2) is 0 Å². The zero-order valence-corrected chi connectivity index (χ0v) is 10.4. The van der Waals surface area contributed by atoms with Crippen LogP contribution in [-0.2, 0) is 9.47 Å². The van der Waals surface area contributed by atoms with Crippen LogP contribution in [0.4, 0.5) is 0 Å². The lowest BCUT2D eigenvalue weighted by molar-refractivity contribution is 0.0497. The maximum Gasteiger partial charge on any atom is 0.0754 e. The number of rotatable bonds is 4. The van der Waals surface area contributed by atoms with E-state index in [1.165, 1.54) is 0 Å². The smallest absolute Gasteiger partial charge is 0.0754 e. The first-order valence-electron chi connectivity index (χ1n) is 5.00. The summed E-state index contributed by atoms with van der Waals surface area (Å²) in [5, 5.41) is 7.38. The van der Waals surface area contributed by atoms with Crippen LogP contribution in [0.1, 0.15) is 0 Å². The Hall–Kier alpha value is -1.11. The van der Waals surface area contributed by atoms with Crippen LogP contribution in [0.25, 0.3) is 20.9 Å². The highest BCUT2D eigenvalue weighted by molar-refractivity contribution is 7.99. The number of hydrogen-bond acceptors (Lipinski definition) is 5. The van der Waals surface area contributed by atoms with Crippen molar-refractivity contribution in [3.8, 4) is 0 Å². The third-order valence-electron chi connectivity index (χ3n) is 2.65. The molecule has 0 spiro atoms. The molecule has 1 fully saturated rings. The Morgan fingerprint density at radius 1 is 1.00 bits per heavy atom. The predicted octanol–water partition coefficient (Wildman–Crippen LogP) is 2.12. The number of hydrogen-bond donors (Lipinski definition) is 0. The molecule has 1 rings (SSSR count). The molecule has 17 heavy (non-hydrogen) atoms. The standard InChI is InChI=1S/C8H14N6O2S/c1-15-5-3-17-4-6(16-2)8(12-14-10)7(5)11-13-9/h5-8H,3-4H2,1-2H3/t5-,6-,7+,8+/m1/s1. The number of azide groups is 2. The molecule has 1 saturated heterocycles. The summed E-state index contributed by atoms with van der Waals surface area (Å²) in [5.41, 5.74) is 17.2. The summed E-state index contributed by atoms with van der Waals surface area (Å²) in [6, 6.07) is -1.08. The van der Waals surface area contributed by atoms with E-state index >= 15 is 0 Å². The van der Waals surface area contributed by atoms with Gasteiger partial charge < -0.3 is 9.47 Å². The zero-order valence-electron chi connectivity index (χ0n) is 9.63. The Balaban J connectivity index is 3.05. The predicted molar refractivity (Wildman–Crippen MR) is 64.8 cm³/mol. The highest BCUT2D eigenvalue weighted by atomic mass is 32.2. The number of nitrogens with zero attached hydrogens (tertiary/aromatic N) is 6. The molecule has 1 aliphatic heterocycles. The minimum Gasteiger partial charge on any atom is -0.380 e. The average Bonchev–Trinajstić information content (AvgIpc) is 2.51. The molecule has 0 radical (unpaired) electrons. The SMILES string of the molecule is CO[C@@H]1CSC[C@@H](OC)[C@H](N=[N+]=[N-])[C@H]1N=[N+]=[N-]. The van der Waals surface area contributed by atoms with E-state index in [1.54, 1.807) is 26.0 Å². The topological polar surface area (TPSA) is 116 Å². The summed E-state index contributed by atoms with van der Waals surface area (Å²) >= 11 is 1.62. The van der Waals surface area contributed by atoms with Gasteiger partial charge in [-0.3, -0.25) is 0 Å². The van der Waals surface area contributed by atoms with Crippen molar-refractivity contribution in [2.45, 2.75) is 24.3 Å². The van der Waals surface area contributed by atoms with Gasteiger partial charge in [-0.1, -0.05) is 10.2 Å². The van der Waals surface area contributed by atoms with Crippen molar-refractivity contribution in [2.75, 3.05) is 25.7 Å². The van der Waals surface area contributed by atoms with Gasteiger partial charge in [0.1, 0.15) is 0 Å². The molecule has 1 heterocycles. The van der Waals surface area contributed by atoms with E-state index in [0.29, 0.717) is 11.5 Å². The van der Waals surface area contributed by atoms with Crippen LogP contribution in [0.5, 0.6) is 0 Å². The quantitative estimate of drug-likeness (QED) is 0.436. The van der Waals surface area contributed by atoms with Crippen molar-refractivity contribution in [2.24, 2.45) is 10.2 Å². The van der Waals surface area contributed by atoms with E-state index in [1.807, 2.05) is 0 Å². The Labute approximate surface area is 103 Å². The van der Waals surface area contributed by atoms with Crippen molar-refractivity contribution in [1.29, 1.82) is 0 Å². The van der Waals surface area contributed by atoms with Gasteiger partial charge in [-0.15, -0.1) is 0 Å². The van der Waals surface area contributed by atoms with Gasteiger partial charge in [-0.2, -0.15) is 11.8 Å². The molecule has 0 saturated carbocycles. The zero-order chi connectivity index (χ0) is 12.7. The van der Waals surface area contributed by atoms with Crippen LogP contribution in [0.3, 0.4) is 0 Å². The molecule has 4 atom stereocenters. The highest BCUT2D eigenvalue weighted by Crippen LogP contribution is 2.26. The van der Waals surface area contributed by atoms with E-state index < -0.39 is 12.1 Å². The molecule has 0 aliphatic carbocycles. The average molecular weight is 258 g/mol. The molecule has 0 unspecified atom stereocenters. The molecule has 0 N–H and O–H groups in total. The first-order chi connectivity index (χ1) is 8.28. The van der Waals surface area contributed by atoms with Gasteiger partial charge in [0, 0.05) is 35.5 Å². The maximum atomic E-state index is 8.59. The normalized spacial score (nSPS) is 33.1. The van der Waals surface area contributed by atoms with Crippen molar-refractivity contribution in [3.05, 3.63) is 20.9 Å². The molecular formula is C8H14N6O2S. The van der Waals surface area contributed by atoms with Gasteiger partial charge >= 0.3 is 0 Å². The molecule has 94 valence electrons. The van der Waals surface area contributed by atoms with Crippen LogP contribution in [0.15, 0.2) is 10.2 Å². The van der Waals surface area contributed by atoms with Crippen LogP contribution < -0.4 is 0 Å². The third kappa shape index (κ3) is 3.42. The fourth-order valence-corrected chi connectivity index (χ4v) is 3.02. The monoisotopic (exact) mass is 258 g/mol. The number of ether oxygens (including phenoxy) is 2. The summed E-state index contributed by atoms with van der Waals surface area (Å²) in [7, 11) is 3.09. The third-order valence-corrected chi connectivity index (χ3v) is 3.78. The lowest BCUT2D eigenvalue weighted by atomic mass is 10.0. The number of methoxy groups -OCH3 is 2. The van der Waals surface area contributed by atoms with Gasteiger partial charge in [0.2, 0.25) is 0 Å². The lowest BCUT2D eigenvalue weighted by Gasteiger charge is -2.26. The summed E-state index contributed by atoms with van der Waals surface area (Å²) < 4.78 is 10.6. The van der Waals surface area contributed by atoms with Gasteiger partial charge in [0.25, 0.3) is 0 Å². The van der Waals surface area contributed by atoms with Crippen molar-refractivity contribution >= 4 is 11.8 Å². The first kappa shape index (κ1) is 14.0. The van der Waals surface area contributed by atoms with E-state index in [4.69, 9.17) is 20.5 Å². The molecule has 8 nitrogen and oxygen atoms in total. The maximum absolute atomic E-state index is 8.59. The number of thioether (sulfide) groups is 1. The molecular weight excluding hydrogens is 244 g/mol. The second-order valence-corrected chi connectivity index (χ2v) is 4.55. The van der Waals surface area contributed by atoms with Crippen LogP contribution >= 0.6 is 11.8 Å². The minimum atomic E-state index is -0.541. The largest absolute Gasteiger partial charge is 0.380 e. The Bertz CT molecular complexity index is 309. The highest BCUT2D eigenvalue weighted by Gasteiger charge is 2.37. The van der Waals surface area contributed by atoms with Gasteiger partial charge in [0.05, 0.1) is 24.3 Å². The molecule has 0 amide bonds. The summed E-state index contributed by atoms with van der Waals surface area (Å²) in [6.07, 6.45) is -0.543. The van der Waals surface area contributed by atoms with E-state index in [2.05, 4.69) is 20.1 Å². The molecule has 0 bridgehead atoms. The van der Waals surface area contributed by atoms with Crippen LogP contribution in [0, 0.1) is 0 Å². The summed E-state index contributed by atoms with van der Waals surface area (Å²) in [5.74, 6) is 1.36. The Kier molecular flexibility index (Phi) is 5.96. The Morgan fingerprint density at radius 3 is 1.71 bits per heavy atom. The summed E-state index contributed by atoms with van der Waals surface area (Å²) in [6.45, 7) is 0. The molecule has 1 aliphatic rings. The second kappa shape index (κ2) is 7.26. The van der Waals surface area contributed by atoms with Crippen molar-refractivity contribution in [3.63, 3.8) is 0 Å². The molecule has 0 aromatic carbocycles. The fraction of sp³-hybridized carbons (Fsp3) is 1.00. The molecule has 0 aromatic rings. The van der Waals surface area contributed by atoms with Crippen molar-refractivity contribution < 1.29 is 9.47 Å². The van der Waals surface area contributed by atoms with Gasteiger partial charge in [-0.05, 0) is 11.1 Å². The first-order valence-corrected chi connectivity index (χ1v) is 6.15. The summed E-state index contributed by atoms with van der Waals surface area (Å²) in [4.78, 5) is 5.59. The molecule has 0 aromatic heterocycles. The van der Waals surface area contributed by atoms with Crippen molar-refractivity contribution in [1.82, 2.24) is 0 Å².